The summed E-state index contributed by atoms with van der Waals surface area (Å²) in [5.74, 6) is 4.22. The summed E-state index contributed by atoms with van der Waals surface area (Å²) in [7, 11) is 1.90. The first-order valence-corrected chi connectivity index (χ1v) is 12.0. The SMILES string of the molecule is CNc1nc(N[C@@H]2[C@@H]3CC[C@H]2CN(c2cc(C)ncn2)C3)nc2c1CCN2c1ccc(F)cc1. The van der Waals surface area contributed by atoms with E-state index < -0.39 is 0 Å². The third kappa shape index (κ3) is 3.69. The zero-order chi connectivity index (χ0) is 23.2. The van der Waals surface area contributed by atoms with Gasteiger partial charge in [0.05, 0.1) is 0 Å². The van der Waals surface area contributed by atoms with Gasteiger partial charge in [-0.05, 0) is 62.3 Å². The maximum absolute atomic E-state index is 13.5. The van der Waals surface area contributed by atoms with E-state index >= 15 is 0 Å². The molecule has 1 saturated carbocycles. The van der Waals surface area contributed by atoms with Crippen LogP contribution >= 0.6 is 0 Å². The summed E-state index contributed by atoms with van der Waals surface area (Å²) in [5.41, 5.74) is 3.05. The molecule has 3 aromatic rings. The van der Waals surface area contributed by atoms with Gasteiger partial charge < -0.3 is 20.4 Å². The van der Waals surface area contributed by atoms with Crippen LogP contribution in [0.25, 0.3) is 0 Å². The molecule has 2 N–H and O–H groups in total. The average Bonchev–Trinajstić information content (AvgIpc) is 3.35. The van der Waals surface area contributed by atoms with E-state index in [0.717, 1.165) is 60.5 Å². The first kappa shape index (κ1) is 21.1. The molecule has 34 heavy (non-hydrogen) atoms. The lowest BCUT2D eigenvalue weighted by Gasteiger charge is -2.39. The number of hydrogen-bond donors (Lipinski definition) is 2. The van der Waals surface area contributed by atoms with Crippen molar-refractivity contribution in [2.24, 2.45) is 11.8 Å². The zero-order valence-electron chi connectivity index (χ0n) is 19.5. The van der Waals surface area contributed by atoms with Crippen LogP contribution in [0, 0.1) is 24.6 Å². The van der Waals surface area contributed by atoms with E-state index in [0.29, 0.717) is 23.8 Å². The predicted molar refractivity (Wildman–Crippen MR) is 131 cm³/mol. The number of piperidine rings is 1. The fourth-order valence-electron chi connectivity index (χ4n) is 5.81. The van der Waals surface area contributed by atoms with Gasteiger partial charge in [-0.15, -0.1) is 0 Å². The number of nitrogens with zero attached hydrogens (tertiary/aromatic N) is 6. The molecular weight excluding hydrogens is 431 g/mol. The van der Waals surface area contributed by atoms with E-state index in [1.807, 2.05) is 26.1 Å². The number of rotatable bonds is 5. The number of aryl methyl sites for hydroxylation is 1. The fourth-order valence-corrected chi connectivity index (χ4v) is 5.81. The second kappa shape index (κ2) is 8.38. The molecule has 176 valence electrons. The summed E-state index contributed by atoms with van der Waals surface area (Å²) in [6, 6.07) is 9.02. The molecule has 1 saturated heterocycles. The van der Waals surface area contributed by atoms with Crippen molar-refractivity contribution in [2.75, 3.05) is 47.1 Å². The first-order chi connectivity index (χ1) is 16.6. The number of nitrogens with one attached hydrogen (secondary N) is 2. The number of benzene rings is 1. The van der Waals surface area contributed by atoms with Crippen molar-refractivity contribution in [3.63, 3.8) is 0 Å². The minimum Gasteiger partial charge on any atom is -0.373 e. The van der Waals surface area contributed by atoms with Gasteiger partial charge in [-0.2, -0.15) is 9.97 Å². The van der Waals surface area contributed by atoms with Crippen LogP contribution in [-0.2, 0) is 6.42 Å². The summed E-state index contributed by atoms with van der Waals surface area (Å²) >= 11 is 0. The van der Waals surface area contributed by atoms with Crippen LogP contribution in [0.1, 0.15) is 24.1 Å². The molecule has 4 heterocycles. The molecule has 0 radical (unpaired) electrons. The Morgan fingerprint density at radius 3 is 2.50 bits per heavy atom. The number of fused-ring (bicyclic) bond motifs is 3. The standard InChI is InChI=1S/C25H29FN8/c1-15-11-21(29-14-28-15)33-12-16-3-4-17(13-33)22(16)30-25-31-23(27-2)20-9-10-34(24(20)32-25)19-7-5-18(26)6-8-19/h5-8,11,14,16-17,22H,3-4,9-10,12-13H2,1-2H3,(H2,27,30,31,32)/t16-,17+,22-. The molecule has 6 rings (SSSR count). The first-order valence-electron chi connectivity index (χ1n) is 12.0. The summed E-state index contributed by atoms with van der Waals surface area (Å²) in [5, 5.41) is 6.96. The Bertz CT molecular complexity index is 1190. The van der Waals surface area contributed by atoms with Gasteiger partial charge in [-0.25, -0.2) is 14.4 Å². The number of hydrogen-bond acceptors (Lipinski definition) is 8. The van der Waals surface area contributed by atoms with Crippen molar-refractivity contribution in [3.05, 3.63) is 53.7 Å². The second-order valence-electron chi connectivity index (χ2n) is 9.52. The summed E-state index contributed by atoms with van der Waals surface area (Å²) in [4.78, 5) is 23.1. The third-order valence-corrected chi connectivity index (χ3v) is 7.44. The minimum absolute atomic E-state index is 0.233. The molecule has 1 aromatic carbocycles. The van der Waals surface area contributed by atoms with Crippen molar-refractivity contribution in [1.29, 1.82) is 0 Å². The lowest BCUT2D eigenvalue weighted by Crippen LogP contribution is -2.48. The lowest BCUT2D eigenvalue weighted by molar-refractivity contribution is 0.375. The molecule has 2 fully saturated rings. The molecule has 2 bridgehead atoms. The highest BCUT2D eigenvalue weighted by Crippen LogP contribution is 2.41. The molecular formula is C25H29FN8. The molecule has 1 aliphatic carbocycles. The minimum atomic E-state index is -0.233. The van der Waals surface area contributed by atoms with Gasteiger partial charge in [0.2, 0.25) is 5.95 Å². The maximum atomic E-state index is 13.5. The van der Waals surface area contributed by atoms with Crippen molar-refractivity contribution < 1.29 is 4.39 Å². The molecule has 0 unspecified atom stereocenters. The van der Waals surface area contributed by atoms with Crippen LogP contribution in [-0.4, -0.2) is 52.7 Å². The van der Waals surface area contributed by atoms with Gasteiger partial charge in [0.25, 0.3) is 0 Å². The lowest BCUT2D eigenvalue weighted by atomic mass is 9.92. The van der Waals surface area contributed by atoms with Crippen LogP contribution in [0.4, 0.5) is 33.5 Å². The Morgan fingerprint density at radius 2 is 1.79 bits per heavy atom. The number of aromatic nitrogens is 4. The normalized spacial score (nSPS) is 23.2. The Morgan fingerprint density at radius 1 is 1.03 bits per heavy atom. The van der Waals surface area contributed by atoms with Gasteiger partial charge in [0.15, 0.2) is 0 Å². The highest BCUT2D eigenvalue weighted by Gasteiger charge is 2.43. The second-order valence-corrected chi connectivity index (χ2v) is 9.52. The topological polar surface area (TPSA) is 82.1 Å². The Kier molecular flexibility index (Phi) is 5.19. The quantitative estimate of drug-likeness (QED) is 0.595. The van der Waals surface area contributed by atoms with Crippen molar-refractivity contribution in [3.8, 4) is 0 Å². The fraction of sp³-hybridized carbons (Fsp3) is 0.440. The molecule has 0 amide bonds. The Hall–Kier alpha value is -3.49. The summed E-state index contributed by atoms with van der Waals surface area (Å²) in [6.45, 7) is 4.75. The maximum Gasteiger partial charge on any atom is 0.226 e. The molecule has 9 heteroatoms. The largest absolute Gasteiger partial charge is 0.373 e. The van der Waals surface area contributed by atoms with E-state index in [-0.39, 0.29) is 5.82 Å². The monoisotopic (exact) mass is 460 g/mol. The third-order valence-electron chi connectivity index (χ3n) is 7.44. The number of anilines is 5. The van der Waals surface area contributed by atoms with Crippen LogP contribution < -0.4 is 20.4 Å². The van der Waals surface area contributed by atoms with E-state index in [1.54, 1.807) is 6.33 Å². The highest BCUT2D eigenvalue weighted by atomic mass is 19.1. The molecule has 0 spiro atoms. The molecule has 8 nitrogen and oxygen atoms in total. The molecule has 2 aliphatic heterocycles. The number of halogens is 1. The van der Waals surface area contributed by atoms with Crippen LogP contribution in [0.3, 0.4) is 0 Å². The van der Waals surface area contributed by atoms with Crippen molar-refractivity contribution in [2.45, 2.75) is 32.2 Å². The summed E-state index contributed by atoms with van der Waals surface area (Å²) < 4.78 is 13.5. The highest BCUT2D eigenvalue weighted by molar-refractivity contribution is 5.72. The van der Waals surface area contributed by atoms with E-state index in [4.69, 9.17) is 9.97 Å². The van der Waals surface area contributed by atoms with Gasteiger partial charge >= 0.3 is 0 Å². The Labute approximate surface area is 198 Å². The molecule has 3 aliphatic rings. The Balaban J connectivity index is 1.25. The van der Waals surface area contributed by atoms with Crippen LogP contribution in [0.2, 0.25) is 0 Å². The smallest absolute Gasteiger partial charge is 0.226 e. The molecule has 2 aromatic heterocycles. The van der Waals surface area contributed by atoms with Crippen LogP contribution in [0.15, 0.2) is 36.7 Å². The van der Waals surface area contributed by atoms with Gasteiger partial charge in [0, 0.05) is 55.7 Å². The van der Waals surface area contributed by atoms with Gasteiger partial charge in [-0.1, -0.05) is 0 Å². The van der Waals surface area contributed by atoms with E-state index in [1.165, 1.54) is 25.0 Å². The van der Waals surface area contributed by atoms with Crippen LogP contribution in [0.5, 0.6) is 0 Å². The average molecular weight is 461 g/mol. The molecule has 3 atom stereocenters. The van der Waals surface area contributed by atoms with Gasteiger partial charge in [0.1, 0.15) is 29.6 Å². The zero-order valence-corrected chi connectivity index (χ0v) is 19.5. The summed E-state index contributed by atoms with van der Waals surface area (Å²) in [6.07, 6.45) is 4.88. The van der Waals surface area contributed by atoms with Crippen molar-refractivity contribution >= 4 is 29.1 Å². The predicted octanol–water partition coefficient (Wildman–Crippen LogP) is 3.78. The van der Waals surface area contributed by atoms with Crippen molar-refractivity contribution in [1.82, 2.24) is 19.9 Å². The van der Waals surface area contributed by atoms with Gasteiger partial charge in [-0.3, -0.25) is 0 Å². The van der Waals surface area contributed by atoms with E-state index in [9.17, 15) is 4.39 Å². The van der Waals surface area contributed by atoms with E-state index in [2.05, 4.69) is 36.5 Å².